The SMILES string of the molecule is COc1ccc(CN2CCN(CCOCCc3ccc4c(c3)OCO4)CC2)cc1. The molecule has 0 aromatic heterocycles. The van der Waals surface area contributed by atoms with Crippen molar-refractivity contribution in [2.45, 2.75) is 13.0 Å². The molecule has 156 valence electrons. The summed E-state index contributed by atoms with van der Waals surface area (Å²) >= 11 is 0. The molecule has 2 aromatic carbocycles. The highest BCUT2D eigenvalue weighted by Gasteiger charge is 2.17. The van der Waals surface area contributed by atoms with E-state index in [9.17, 15) is 0 Å². The molecule has 0 unspecified atom stereocenters. The zero-order valence-corrected chi connectivity index (χ0v) is 17.1. The Kier molecular flexibility index (Phi) is 6.87. The number of methoxy groups -OCH3 is 1. The second kappa shape index (κ2) is 9.96. The molecule has 0 atom stereocenters. The van der Waals surface area contributed by atoms with Gasteiger partial charge in [-0.05, 0) is 41.8 Å². The van der Waals surface area contributed by atoms with Crippen LogP contribution >= 0.6 is 0 Å². The van der Waals surface area contributed by atoms with Gasteiger partial charge in [-0.1, -0.05) is 18.2 Å². The van der Waals surface area contributed by atoms with Crippen LogP contribution in [0.3, 0.4) is 0 Å². The minimum atomic E-state index is 0.322. The Morgan fingerprint density at radius 3 is 2.34 bits per heavy atom. The van der Waals surface area contributed by atoms with Crippen molar-refractivity contribution in [1.29, 1.82) is 0 Å². The number of nitrogens with zero attached hydrogens (tertiary/aromatic N) is 2. The summed E-state index contributed by atoms with van der Waals surface area (Å²) in [5.74, 6) is 2.59. The van der Waals surface area contributed by atoms with Gasteiger partial charge in [0.1, 0.15) is 5.75 Å². The molecule has 2 aliphatic rings. The van der Waals surface area contributed by atoms with Gasteiger partial charge in [0.15, 0.2) is 11.5 Å². The van der Waals surface area contributed by atoms with Crippen LogP contribution in [0.1, 0.15) is 11.1 Å². The van der Waals surface area contributed by atoms with Gasteiger partial charge in [0.25, 0.3) is 0 Å². The number of ether oxygens (including phenoxy) is 4. The standard InChI is InChI=1S/C23H30N2O4/c1-26-21-5-2-20(3-6-21)17-25-11-9-24(10-12-25)13-15-27-14-8-19-4-7-22-23(16-19)29-18-28-22/h2-7,16H,8-15,17-18H2,1H3. The van der Waals surface area contributed by atoms with Crippen LogP contribution in [0.2, 0.25) is 0 Å². The quantitative estimate of drug-likeness (QED) is 0.605. The first kappa shape index (κ1) is 20.0. The molecule has 0 bridgehead atoms. The predicted octanol–water partition coefficient (Wildman–Crippen LogP) is 2.80. The second-order valence-electron chi connectivity index (χ2n) is 7.52. The van der Waals surface area contributed by atoms with Crippen molar-refractivity contribution in [2.75, 3.05) is 59.8 Å². The summed E-state index contributed by atoms with van der Waals surface area (Å²) in [7, 11) is 1.70. The molecule has 0 radical (unpaired) electrons. The van der Waals surface area contributed by atoms with E-state index < -0.39 is 0 Å². The molecule has 0 N–H and O–H groups in total. The maximum atomic E-state index is 5.86. The summed E-state index contributed by atoms with van der Waals surface area (Å²) in [4.78, 5) is 5.00. The molecule has 6 heteroatoms. The van der Waals surface area contributed by atoms with Gasteiger partial charge >= 0.3 is 0 Å². The average molecular weight is 399 g/mol. The van der Waals surface area contributed by atoms with Crippen LogP contribution in [0, 0.1) is 0 Å². The lowest BCUT2D eigenvalue weighted by Crippen LogP contribution is -2.46. The molecular weight excluding hydrogens is 368 g/mol. The fourth-order valence-electron chi connectivity index (χ4n) is 3.74. The Morgan fingerprint density at radius 2 is 1.55 bits per heavy atom. The zero-order valence-electron chi connectivity index (χ0n) is 17.1. The molecule has 2 aromatic rings. The van der Waals surface area contributed by atoms with E-state index in [0.29, 0.717) is 6.79 Å². The third-order valence-electron chi connectivity index (χ3n) is 5.55. The molecule has 4 rings (SSSR count). The lowest BCUT2D eigenvalue weighted by atomic mass is 10.1. The molecule has 29 heavy (non-hydrogen) atoms. The summed E-state index contributed by atoms with van der Waals surface area (Å²) in [6.07, 6.45) is 0.895. The van der Waals surface area contributed by atoms with Gasteiger partial charge in [-0.25, -0.2) is 0 Å². The Hall–Kier alpha value is -2.28. The topological polar surface area (TPSA) is 43.4 Å². The molecule has 2 aliphatic heterocycles. The fraction of sp³-hybridized carbons (Fsp3) is 0.478. The van der Waals surface area contributed by atoms with Crippen molar-refractivity contribution in [3.05, 3.63) is 53.6 Å². The minimum absolute atomic E-state index is 0.322. The number of fused-ring (bicyclic) bond motifs is 1. The first-order valence-electron chi connectivity index (χ1n) is 10.3. The van der Waals surface area contributed by atoms with E-state index in [4.69, 9.17) is 18.9 Å². The third kappa shape index (κ3) is 5.63. The molecular formula is C23H30N2O4. The number of piperazine rings is 1. The van der Waals surface area contributed by atoms with E-state index in [1.165, 1.54) is 11.1 Å². The van der Waals surface area contributed by atoms with E-state index in [2.05, 4.69) is 28.0 Å². The van der Waals surface area contributed by atoms with Crippen LogP contribution in [-0.4, -0.2) is 69.6 Å². The van der Waals surface area contributed by atoms with Gasteiger partial charge in [-0.15, -0.1) is 0 Å². The highest BCUT2D eigenvalue weighted by atomic mass is 16.7. The van der Waals surface area contributed by atoms with Crippen molar-refractivity contribution >= 4 is 0 Å². The molecule has 0 aliphatic carbocycles. The van der Waals surface area contributed by atoms with Gasteiger partial charge in [-0.2, -0.15) is 0 Å². The van der Waals surface area contributed by atoms with Gasteiger partial charge in [0, 0.05) is 39.3 Å². The van der Waals surface area contributed by atoms with Crippen LogP contribution in [0.15, 0.2) is 42.5 Å². The van der Waals surface area contributed by atoms with E-state index in [0.717, 1.165) is 76.2 Å². The second-order valence-corrected chi connectivity index (χ2v) is 7.52. The molecule has 0 saturated carbocycles. The number of rotatable bonds is 9. The lowest BCUT2D eigenvalue weighted by molar-refractivity contribution is 0.0747. The monoisotopic (exact) mass is 398 g/mol. The Morgan fingerprint density at radius 1 is 0.828 bits per heavy atom. The van der Waals surface area contributed by atoms with Gasteiger partial charge in [-0.3, -0.25) is 9.80 Å². The Balaban J connectivity index is 1.09. The summed E-state index contributed by atoms with van der Waals surface area (Å²) in [6.45, 7) is 8.24. The summed E-state index contributed by atoms with van der Waals surface area (Å²) in [6, 6.07) is 14.5. The summed E-state index contributed by atoms with van der Waals surface area (Å²) in [5.41, 5.74) is 2.56. The maximum Gasteiger partial charge on any atom is 0.231 e. The van der Waals surface area contributed by atoms with Crippen LogP contribution in [0.5, 0.6) is 17.2 Å². The molecule has 1 fully saturated rings. The van der Waals surface area contributed by atoms with Crippen molar-refractivity contribution < 1.29 is 18.9 Å². The maximum absolute atomic E-state index is 5.86. The van der Waals surface area contributed by atoms with E-state index in [1.54, 1.807) is 7.11 Å². The van der Waals surface area contributed by atoms with E-state index >= 15 is 0 Å². The number of benzene rings is 2. The van der Waals surface area contributed by atoms with Crippen LogP contribution in [0.4, 0.5) is 0 Å². The average Bonchev–Trinajstić information content (AvgIpc) is 3.23. The lowest BCUT2D eigenvalue weighted by Gasteiger charge is -2.34. The van der Waals surface area contributed by atoms with E-state index in [-0.39, 0.29) is 0 Å². The molecule has 0 amide bonds. The summed E-state index contributed by atoms with van der Waals surface area (Å²) < 4.78 is 21.9. The first-order valence-corrected chi connectivity index (χ1v) is 10.3. The minimum Gasteiger partial charge on any atom is -0.497 e. The van der Waals surface area contributed by atoms with E-state index in [1.807, 2.05) is 24.3 Å². The molecule has 2 heterocycles. The normalized spacial score (nSPS) is 16.9. The van der Waals surface area contributed by atoms with Crippen LogP contribution in [0.25, 0.3) is 0 Å². The molecule has 0 spiro atoms. The third-order valence-corrected chi connectivity index (χ3v) is 5.55. The van der Waals surface area contributed by atoms with Gasteiger partial charge in [0.05, 0.1) is 20.3 Å². The molecule has 6 nitrogen and oxygen atoms in total. The Labute approximate surface area is 172 Å². The fourth-order valence-corrected chi connectivity index (χ4v) is 3.74. The molecule has 1 saturated heterocycles. The van der Waals surface area contributed by atoms with Crippen LogP contribution < -0.4 is 14.2 Å². The summed E-state index contributed by atoms with van der Waals surface area (Å²) in [5, 5.41) is 0. The largest absolute Gasteiger partial charge is 0.497 e. The van der Waals surface area contributed by atoms with Crippen molar-refractivity contribution in [1.82, 2.24) is 9.80 Å². The predicted molar refractivity (Wildman–Crippen MR) is 112 cm³/mol. The highest BCUT2D eigenvalue weighted by molar-refractivity contribution is 5.44. The van der Waals surface area contributed by atoms with Gasteiger partial charge < -0.3 is 18.9 Å². The first-order chi connectivity index (χ1) is 14.3. The van der Waals surface area contributed by atoms with Crippen molar-refractivity contribution in [3.63, 3.8) is 0 Å². The highest BCUT2D eigenvalue weighted by Crippen LogP contribution is 2.32. The van der Waals surface area contributed by atoms with Crippen LogP contribution in [-0.2, 0) is 17.7 Å². The van der Waals surface area contributed by atoms with Crippen molar-refractivity contribution in [2.24, 2.45) is 0 Å². The number of hydrogen-bond acceptors (Lipinski definition) is 6. The number of hydrogen-bond donors (Lipinski definition) is 0. The zero-order chi connectivity index (χ0) is 19.9. The Bertz CT molecular complexity index is 773. The smallest absolute Gasteiger partial charge is 0.231 e. The van der Waals surface area contributed by atoms with Gasteiger partial charge in [0.2, 0.25) is 6.79 Å². The van der Waals surface area contributed by atoms with Crippen molar-refractivity contribution in [3.8, 4) is 17.2 Å².